The van der Waals surface area contributed by atoms with Gasteiger partial charge in [-0.1, -0.05) is 23.7 Å². The number of hydrogen-bond donors (Lipinski definition) is 1. The zero-order valence-corrected chi connectivity index (χ0v) is 15.7. The van der Waals surface area contributed by atoms with E-state index in [4.69, 9.17) is 11.6 Å². The summed E-state index contributed by atoms with van der Waals surface area (Å²) in [5, 5.41) is 3.58. The second kappa shape index (κ2) is 7.43. The first kappa shape index (κ1) is 18.4. The maximum absolute atomic E-state index is 13.4. The minimum absolute atomic E-state index is 0.162. The standard InChI is InChI=1S/C19H16ClFN2O2S/c1-22-18(24)12-5-3-11(4-6-12)10-23(2)19(25)17-16(20)14-8-7-13(21)9-15(14)26-17/h3-9H,10H2,1-2H3,(H,22,24). The molecule has 0 radical (unpaired) electrons. The maximum Gasteiger partial charge on any atom is 0.265 e. The summed E-state index contributed by atoms with van der Waals surface area (Å²) in [6.07, 6.45) is 0. The van der Waals surface area contributed by atoms with Crippen molar-refractivity contribution in [2.24, 2.45) is 0 Å². The fourth-order valence-corrected chi connectivity index (χ4v) is 4.13. The van der Waals surface area contributed by atoms with Gasteiger partial charge >= 0.3 is 0 Å². The van der Waals surface area contributed by atoms with Crippen LogP contribution in [-0.2, 0) is 6.54 Å². The van der Waals surface area contributed by atoms with Crippen molar-refractivity contribution < 1.29 is 14.0 Å². The van der Waals surface area contributed by atoms with Crippen LogP contribution in [0.2, 0.25) is 5.02 Å². The molecule has 4 nitrogen and oxygen atoms in total. The number of thiophene rings is 1. The topological polar surface area (TPSA) is 49.4 Å². The number of carbonyl (C=O) groups is 2. The number of nitrogens with zero attached hydrogens (tertiary/aromatic N) is 1. The predicted molar refractivity (Wildman–Crippen MR) is 102 cm³/mol. The van der Waals surface area contributed by atoms with Gasteiger partial charge in [0.1, 0.15) is 10.7 Å². The van der Waals surface area contributed by atoms with Crippen LogP contribution in [0.4, 0.5) is 4.39 Å². The molecule has 0 fully saturated rings. The van der Waals surface area contributed by atoms with Gasteiger partial charge in [0.25, 0.3) is 11.8 Å². The summed E-state index contributed by atoms with van der Waals surface area (Å²) >= 11 is 7.50. The third-order valence-corrected chi connectivity index (χ3v) is 5.64. The molecule has 0 unspecified atom stereocenters. The SMILES string of the molecule is CNC(=O)c1ccc(CN(C)C(=O)c2sc3cc(F)ccc3c2Cl)cc1. The number of carbonyl (C=O) groups excluding carboxylic acids is 2. The Labute approximate surface area is 159 Å². The van der Waals surface area contributed by atoms with Crippen molar-refractivity contribution in [3.05, 3.63) is 69.3 Å². The molecule has 1 aromatic heterocycles. The van der Waals surface area contributed by atoms with Crippen molar-refractivity contribution in [3.8, 4) is 0 Å². The molecule has 0 aliphatic heterocycles. The van der Waals surface area contributed by atoms with Crippen LogP contribution in [0.25, 0.3) is 10.1 Å². The Kier molecular flexibility index (Phi) is 5.25. The lowest BCUT2D eigenvalue weighted by Gasteiger charge is -2.17. The summed E-state index contributed by atoms with van der Waals surface area (Å²) in [7, 11) is 3.25. The molecule has 134 valence electrons. The smallest absolute Gasteiger partial charge is 0.265 e. The average molecular weight is 391 g/mol. The second-order valence-corrected chi connectivity index (χ2v) is 7.25. The number of nitrogens with one attached hydrogen (secondary N) is 1. The Morgan fingerprint density at radius 2 is 1.88 bits per heavy atom. The van der Waals surface area contributed by atoms with Crippen LogP contribution in [0.15, 0.2) is 42.5 Å². The molecule has 0 aliphatic carbocycles. The van der Waals surface area contributed by atoms with E-state index >= 15 is 0 Å². The first-order chi connectivity index (χ1) is 12.4. The largest absolute Gasteiger partial charge is 0.355 e. The zero-order valence-electron chi connectivity index (χ0n) is 14.2. The van der Waals surface area contributed by atoms with Crippen LogP contribution in [0, 0.1) is 5.82 Å². The molecule has 0 atom stereocenters. The normalized spacial score (nSPS) is 10.8. The number of benzene rings is 2. The molecule has 0 spiro atoms. The van der Waals surface area contributed by atoms with E-state index in [0.29, 0.717) is 32.1 Å². The first-order valence-electron chi connectivity index (χ1n) is 7.84. The van der Waals surface area contributed by atoms with Crippen molar-refractivity contribution >= 4 is 44.8 Å². The molecule has 0 saturated carbocycles. The van der Waals surface area contributed by atoms with Crippen LogP contribution in [0.3, 0.4) is 0 Å². The van der Waals surface area contributed by atoms with Gasteiger partial charge in [0.15, 0.2) is 0 Å². The highest BCUT2D eigenvalue weighted by Crippen LogP contribution is 2.36. The predicted octanol–water partition coefficient (Wildman–Crippen LogP) is 4.33. The number of amides is 2. The number of halogens is 2. The van der Waals surface area contributed by atoms with Crippen LogP contribution in [-0.4, -0.2) is 30.8 Å². The molecule has 0 aliphatic rings. The molecule has 2 amide bonds. The third kappa shape index (κ3) is 3.57. The highest BCUT2D eigenvalue weighted by molar-refractivity contribution is 7.21. The Hall–Kier alpha value is -2.44. The van der Waals surface area contributed by atoms with Crippen LogP contribution < -0.4 is 5.32 Å². The van der Waals surface area contributed by atoms with Gasteiger partial charge in [-0.15, -0.1) is 11.3 Å². The summed E-state index contributed by atoms with van der Waals surface area (Å²) in [6.45, 7) is 0.367. The second-order valence-electron chi connectivity index (χ2n) is 5.82. The van der Waals surface area contributed by atoms with Crippen molar-refractivity contribution in [1.29, 1.82) is 0 Å². The van der Waals surface area contributed by atoms with Crippen LogP contribution in [0.5, 0.6) is 0 Å². The Morgan fingerprint density at radius 3 is 2.54 bits per heavy atom. The van der Waals surface area contributed by atoms with Crippen molar-refractivity contribution in [1.82, 2.24) is 10.2 Å². The molecule has 0 saturated heterocycles. The minimum atomic E-state index is -0.362. The Balaban J connectivity index is 1.79. The lowest BCUT2D eigenvalue weighted by atomic mass is 10.1. The van der Waals surface area contributed by atoms with Crippen molar-refractivity contribution in [2.45, 2.75) is 6.54 Å². The van der Waals surface area contributed by atoms with Gasteiger partial charge in [-0.25, -0.2) is 4.39 Å². The molecule has 0 bridgehead atoms. The maximum atomic E-state index is 13.4. The van der Waals surface area contributed by atoms with Gasteiger partial charge < -0.3 is 10.2 Å². The van der Waals surface area contributed by atoms with E-state index in [-0.39, 0.29) is 17.6 Å². The van der Waals surface area contributed by atoms with Crippen LogP contribution in [0.1, 0.15) is 25.6 Å². The average Bonchev–Trinajstić information content (AvgIpc) is 2.96. The molecular weight excluding hydrogens is 375 g/mol. The van der Waals surface area contributed by atoms with Crippen LogP contribution >= 0.6 is 22.9 Å². The molecule has 1 heterocycles. The summed E-state index contributed by atoms with van der Waals surface area (Å²) < 4.78 is 14.0. The highest BCUT2D eigenvalue weighted by atomic mass is 35.5. The van der Waals surface area contributed by atoms with Gasteiger partial charge in [0.2, 0.25) is 0 Å². The van der Waals surface area contributed by atoms with E-state index in [1.165, 1.54) is 23.5 Å². The first-order valence-corrected chi connectivity index (χ1v) is 9.04. The van der Waals surface area contributed by atoms with Gasteiger partial charge in [0.05, 0.1) is 5.02 Å². The summed E-state index contributed by atoms with van der Waals surface area (Å²) in [5.41, 5.74) is 1.44. The van der Waals surface area contributed by atoms with E-state index in [9.17, 15) is 14.0 Å². The molecule has 7 heteroatoms. The van der Waals surface area contributed by atoms with Gasteiger partial charge in [-0.2, -0.15) is 0 Å². The number of fused-ring (bicyclic) bond motifs is 1. The molecule has 1 N–H and O–H groups in total. The van der Waals surface area contributed by atoms with E-state index in [0.717, 1.165) is 5.56 Å². The monoisotopic (exact) mass is 390 g/mol. The zero-order chi connectivity index (χ0) is 18.8. The van der Waals surface area contributed by atoms with Gasteiger partial charge in [-0.05, 0) is 35.9 Å². The van der Waals surface area contributed by atoms with E-state index in [1.807, 2.05) is 0 Å². The van der Waals surface area contributed by atoms with Crippen molar-refractivity contribution in [2.75, 3.05) is 14.1 Å². The number of rotatable bonds is 4. The van der Waals surface area contributed by atoms with E-state index < -0.39 is 0 Å². The Bertz CT molecular complexity index is 985. The molecule has 3 aromatic rings. The lowest BCUT2D eigenvalue weighted by Crippen LogP contribution is -2.25. The summed E-state index contributed by atoms with van der Waals surface area (Å²) in [6, 6.07) is 11.3. The fraction of sp³-hybridized carbons (Fsp3) is 0.158. The van der Waals surface area contributed by atoms with Crippen molar-refractivity contribution in [3.63, 3.8) is 0 Å². The quantitative estimate of drug-likeness (QED) is 0.721. The van der Waals surface area contributed by atoms with Gasteiger partial charge in [-0.3, -0.25) is 9.59 Å². The number of hydrogen-bond acceptors (Lipinski definition) is 3. The molecular formula is C19H16ClFN2O2S. The highest BCUT2D eigenvalue weighted by Gasteiger charge is 2.21. The minimum Gasteiger partial charge on any atom is -0.355 e. The fourth-order valence-electron chi connectivity index (χ4n) is 2.60. The Morgan fingerprint density at radius 1 is 1.19 bits per heavy atom. The third-order valence-electron chi connectivity index (χ3n) is 4.00. The van der Waals surface area contributed by atoms with Gasteiger partial charge in [0, 0.05) is 36.3 Å². The lowest BCUT2D eigenvalue weighted by molar-refractivity contribution is 0.0789. The molecule has 3 rings (SSSR count). The summed E-state index contributed by atoms with van der Waals surface area (Å²) in [4.78, 5) is 26.2. The molecule has 2 aromatic carbocycles. The molecule has 26 heavy (non-hydrogen) atoms. The summed E-state index contributed by atoms with van der Waals surface area (Å²) in [5.74, 6) is -0.753. The van der Waals surface area contributed by atoms with E-state index in [2.05, 4.69) is 5.32 Å². The van der Waals surface area contributed by atoms with E-state index in [1.54, 1.807) is 49.3 Å².